The molecule has 0 saturated carbocycles. The van der Waals surface area contributed by atoms with Gasteiger partial charge in [0.05, 0.1) is 0 Å². The number of nitrogens with two attached hydrogens (primary N) is 1. The third-order valence-electron chi connectivity index (χ3n) is 3.74. The van der Waals surface area contributed by atoms with Crippen LogP contribution in [0.4, 0.5) is 11.4 Å². The average molecular weight is 245 g/mol. The van der Waals surface area contributed by atoms with Crippen LogP contribution in [0.5, 0.6) is 5.75 Å². The van der Waals surface area contributed by atoms with Crippen molar-refractivity contribution >= 4 is 17.2 Å². The van der Waals surface area contributed by atoms with E-state index in [1.165, 1.54) is 12.8 Å². The Labute approximate surface area is 107 Å². The first-order valence-corrected chi connectivity index (χ1v) is 6.57. The van der Waals surface area contributed by atoms with E-state index in [0.29, 0.717) is 6.61 Å². The second-order valence-corrected chi connectivity index (χ2v) is 5.21. The number of ether oxygens (including phenoxy) is 1. The number of fused-ring (bicyclic) bond motifs is 1. The number of hydrogen-bond acceptors (Lipinski definition) is 4. The smallest absolute Gasteiger partial charge is 0.147 e. The minimum absolute atomic E-state index is 0.560. The van der Waals surface area contributed by atoms with Crippen LogP contribution in [0.2, 0.25) is 0 Å². The van der Waals surface area contributed by atoms with Gasteiger partial charge in [0.15, 0.2) is 0 Å². The number of rotatable bonds is 0. The molecule has 1 aromatic rings. The fourth-order valence-electron chi connectivity index (χ4n) is 2.48. The van der Waals surface area contributed by atoms with Gasteiger partial charge in [0, 0.05) is 24.8 Å². The molecule has 4 heteroatoms. The summed E-state index contributed by atoms with van der Waals surface area (Å²) < 4.78 is 5.74. The van der Waals surface area contributed by atoms with Gasteiger partial charge in [-0.2, -0.15) is 0 Å². The number of nitrogens with zero attached hydrogens (tertiary/aromatic N) is 2. The van der Waals surface area contributed by atoms with E-state index in [4.69, 9.17) is 15.5 Å². The van der Waals surface area contributed by atoms with Crippen LogP contribution in [-0.4, -0.2) is 30.4 Å². The molecule has 2 N–H and O–H groups in total. The van der Waals surface area contributed by atoms with Crippen LogP contribution in [-0.2, 0) is 0 Å². The molecule has 1 aromatic carbocycles. The Kier molecular flexibility index (Phi) is 2.86. The topological polar surface area (TPSA) is 50.8 Å². The average Bonchev–Trinajstić information content (AvgIpc) is 2.39. The van der Waals surface area contributed by atoms with Crippen LogP contribution in [0.1, 0.15) is 19.8 Å². The fraction of sp³-hybridized carbons (Fsp3) is 0.500. The minimum atomic E-state index is 0.560. The lowest BCUT2D eigenvalue weighted by atomic mass is 9.99. The number of aliphatic imine (C=N–C) groups is 1. The number of anilines is 1. The first kappa shape index (κ1) is 11.4. The number of amidine groups is 1. The molecule has 4 nitrogen and oxygen atoms in total. The van der Waals surface area contributed by atoms with Gasteiger partial charge in [-0.3, -0.25) is 0 Å². The standard InChI is InChI=1S/C14H19N3O/c1-10-4-6-17(7-5-10)14-9-18-13-8-11(15)2-3-12(13)16-14/h2-3,8,10H,4-7,9,15H2,1H3. The minimum Gasteiger partial charge on any atom is -0.483 e. The quantitative estimate of drug-likeness (QED) is 0.714. The molecule has 18 heavy (non-hydrogen) atoms. The molecule has 0 aliphatic carbocycles. The van der Waals surface area contributed by atoms with Gasteiger partial charge in [0.2, 0.25) is 0 Å². The molecule has 0 bridgehead atoms. The van der Waals surface area contributed by atoms with Crippen LogP contribution >= 0.6 is 0 Å². The summed E-state index contributed by atoms with van der Waals surface area (Å²) in [5, 5.41) is 0. The van der Waals surface area contributed by atoms with E-state index in [9.17, 15) is 0 Å². The van der Waals surface area contributed by atoms with Crippen molar-refractivity contribution in [1.82, 2.24) is 4.90 Å². The van der Waals surface area contributed by atoms with Gasteiger partial charge >= 0.3 is 0 Å². The highest BCUT2D eigenvalue weighted by Crippen LogP contribution is 2.33. The number of hydrogen-bond donors (Lipinski definition) is 1. The largest absolute Gasteiger partial charge is 0.483 e. The lowest BCUT2D eigenvalue weighted by Gasteiger charge is -2.34. The molecule has 1 fully saturated rings. The van der Waals surface area contributed by atoms with E-state index in [-0.39, 0.29) is 0 Å². The first-order valence-electron chi connectivity index (χ1n) is 6.57. The Bertz CT molecular complexity index is 476. The number of nitrogen functional groups attached to an aromatic ring is 1. The van der Waals surface area contributed by atoms with Crippen molar-refractivity contribution in [2.24, 2.45) is 10.9 Å². The molecule has 0 atom stereocenters. The number of piperidine rings is 1. The summed E-state index contributed by atoms with van der Waals surface area (Å²) in [6.45, 7) is 5.06. The molecule has 2 heterocycles. The maximum Gasteiger partial charge on any atom is 0.147 e. The second-order valence-electron chi connectivity index (χ2n) is 5.21. The zero-order chi connectivity index (χ0) is 12.5. The monoisotopic (exact) mass is 245 g/mol. The maximum atomic E-state index is 5.74. The molecule has 2 aliphatic rings. The van der Waals surface area contributed by atoms with Crippen molar-refractivity contribution in [2.45, 2.75) is 19.8 Å². The normalized spacial score (nSPS) is 20.1. The van der Waals surface area contributed by atoms with Gasteiger partial charge in [-0.15, -0.1) is 0 Å². The van der Waals surface area contributed by atoms with Crippen LogP contribution < -0.4 is 10.5 Å². The highest BCUT2D eigenvalue weighted by Gasteiger charge is 2.22. The predicted molar refractivity (Wildman–Crippen MR) is 73.4 cm³/mol. The van der Waals surface area contributed by atoms with Crippen molar-refractivity contribution < 1.29 is 4.74 Å². The van der Waals surface area contributed by atoms with E-state index in [0.717, 1.165) is 42.0 Å². The highest BCUT2D eigenvalue weighted by atomic mass is 16.5. The van der Waals surface area contributed by atoms with Gasteiger partial charge in [-0.1, -0.05) is 6.92 Å². The lowest BCUT2D eigenvalue weighted by Crippen LogP contribution is -2.41. The highest BCUT2D eigenvalue weighted by molar-refractivity contribution is 5.89. The van der Waals surface area contributed by atoms with Crippen molar-refractivity contribution in [2.75, 3.05) is 25.4 Å². The number of likely N-dealkylation sites (tertiary alicyclic amines) is 1. The van der Waals surface area contributed by atoms with Crippen LogP contribution in [0, 0.1) is 5.92 Å². The summed E-state index contributed by atoms with van der Waals surface area (Å²) in [7, 11) is 0. The summed E-state index contributed by atoms with van der Waals surface area (Å²) in [5.41, 5.74) is 7.35. The summed E-state index contributed by atoms with van der Waals surface area (Å²) in [4.78, 5) is 7.04. The summed E-state index contributed by atoms with van der Waals surface area (Å²) in [6, 6.07) is 5.64. The maximum absolute atomic E-state index is 5.74. The Balaban J connectivity index is 1.81. The van der Waals surface area contributed by atoms with Gasteiger partial charge in [-0.05, 0) is 30.9 Å². The fourth-order valence-corrected chi connectivity index (χ4v) is 2.48. The van der Waals surface area contributed by atoms with E-state index < -0.39 is 0 Å². The second kappa shape index (κ2) is 4.52. The molecule has 0 aromatic heterocycles. The molecular formula is C14H19N3O. The number of benzene rings is 1. The van der Waals surface area contributed by atoms with E-state index >= 15 is 0 Å². The van der Waals surface area contributed by atoms with Gasteiger partial charge < -0.3 is 15.4 Å². The van der Waals surface area contributed by atoms with Crippen LogP contribution in [0.15, 0.2) is 23.2 Å². The molecule has 0 spiro atoms. The van der Waals surface area contributed by atoms with E-state index in [1.807, 2.05) is 18.2 Å². The molecule has 96 valence electrons. The molecule has 3 rings (SSSR count). The van der Waals surface area contributed by atoms with Gasteiger partial charge in [0.1, 0.15) is 23.9 Å². The van der Waals surface area contributed by atoms with E-state index in [1.54, 1.807) is 0 Å². The molecule has 0 radical (unpaired) electrons. The molecule has 0 unspecified atom stereocenters. The van der Waals surface area contributed by atoms with Crippen LogP contribution in [0.3, 0.4) is 0 Å². The Morgan fingerprint density at radius 1 is 1.33 bits per heavy atom. The molecule has 1 saturated heterocycles. The Hall–Kier alpha value is -1.71. The first-order chi connectivity index (χ1) is 8.72. The predicted octanol–water partition coefficient (Wildman–Crippen LogP) is 2.42. The van der Waals surface area contributed by atoms with Crippen molar-refractivity contribution in [1.29, 1.82) is 0 Å². The SMILES string of the molecule is CC1CCN(C2=Nc3ccc(N)cc3OC2)CC1. The van der Waals surface area contributed by atoms with Crippen LogP contribution in [0.25, 0.3) is 0 Å². The third kappa shape index (κ3) is 2.15. The van der Waals surface area contributed by atoms with Crippen molar-refractivity contribution in [3.8, 4) is 5.75 Å². The lowest BCUT2D eigenvalue weighted by molar-refractivity contribution is 0.259. The molecular weight excluding hydrogens is 226 g/mol. The summed E-state index contributed by atoms with van der Waals surface area (Å²) in [6.07, 6.45) is 2.49. The molecule has 0 amide bonds. The molecule has 2 aliphatic heterocycles. The van der Waals surface area contributed by atoms with Gasteiger partial charge in [-0.25, -0.2) is 4.99 Å². The summed E-state index contributed by atoms with van der Waals surface area (Å²) in [5.74, 6) is 2.68. The third-order valence-corrected chi connectivity index (χ3v) is 3.74. The Morgan fingerprint density at radius 3 is 2.89 bits per heavy atom. The Morgan fingerprint density at radius 2 is 2.11 bits per heavy atom. The summed E-state index contributed by atoms with van der Waals surface area (Å²) >= 11 is 0. The van der Waals surface area contributed by atoms with Gasteiger partial charge in [0.25, 0.3) is 0 Å². The van der Waals surface area contributed by atoms with Crippen molar-refractivity contribution in [3.63, 3.8) is 0 Å². The van der Waals surface area contributed by atoms with E-state index in [2.05, 4.69) is 11.8 Å². The zero-order valence-electron chi connectivity index (χ0n) is 10.7. The zero-order valence-corrected chi connectivity index (χ0v) is 10.7. The van der Waals surface area contributed by atoms with Crippen molar-refractivity contribution in [3.05, 3.63) is 18.2 Å².